The van der Waals surface area contributed by atoms with E-state index >= 15 is 0 Å². The van der Waals surface area contributed by atoms with Gasteiger partial charge in [-0.2, -0.15) is 0 Å². The normalized spacial score (nSPS) is 10.6. The molecule has 1 aromatic carbocycles. The van der Waals surface area contributed by atoms with Crippen molar-refractivity contribution in [2.24, 2.45) is 0 Å². The monoisotopic (exact) mass is 176 g/mol. The Bertz CT molecular complexity index is 415. The van der Waals surface area contributed by atoms with Crippen LogP contribution in [0.3, 0.4) is 0 Å². The zero-order chi connectivity index (χ0) is 9.26. The second kappa shape index (κ2) is 3.13. The van der Waals surface area contributed by atoms with Crippen LogP contribution in [0.2, 0.25) is 0 Å². The van der Waals surface area contributed by atoms with E-state index in [4.69, 9.17) is 9.15 Å². The van der Waals surface area contributed by atoms with E-state index in [0.29, 0.717) is 12.6 Å². The lowest BCUT2D eigenvalue weighted by Gasteiger charge is -1.96. The minimum Gasteiger partial charge on any atom is -0.465 e. The summed E-state index contributed by atoms with van der Waals surface area (Å²) in [5, 5.41) is 2.19. The van der Waals surface area contributed by atoms with Gasteiger partial charge < -0.3 is 9.15 Å². The van der Waals surface area contributed by atoms with Gasteiger partial charge in [-0.3, -0.25) is 0 Å². The van der Waals surface area contributed by atoms with Crippen molar-refractivity contribution in [2.45, 2.75) is 13.8 Å². The van der Waals surface area contributed by atoms with Crippen LogP contribution in [0.1, 0.15) is 12.7 Å². The quantitative estimate of drug-likeness (QED) is 0.701. The van der Waals surface area contributed by atoms with Gasteiger partial charge in [0.05, 0.1) is 12.0 Å². The van der Waals surface area contributed by atoms with Crippen molar-refractivity contribution < 1.29 is 9.15 Å². The van der Waals surface area contributed by atoms with Crippen LogP contribution in [0.15, 0.2) is 28.7 Å². The molecular formula is C11H12O2. The molecule has 0 saturated carbocycles. The molecule has 0 radical (unpaired) electrons. The molecule has 2 rings (SSSR count). The van der Waals surface area contributed by atoms with Crippen molar-refractivity contribution in [2.75, 3.05) is 6.61 Å². The van der Waals surface area contributed by atoms with Crippen LogP contribution >= 0.6 is 0 Å². The van der Waals surface area contributed by atoms with E-state index in [1.54, 1.807) is 0 Å². The second-order valence-corrected chi connectivity index (χ2v) is 2.92. The van der Waals surface area contributed by atoms with E-state index in [0.717, 1.165) is 16.5 Å². The molecule has 1 heterocycles. The van der Waals surface area contributed by atoms with Gasteiger partial charge in [0.25, 0.3) is 5.95 Å². The first-order valence-corrected chi connectivity index (χ1v) is 4.44. The number of fused-ring (bicyclic) bond motifs is 1. The Morgan fingerprint density at radius 3 is 2.62 bits per heavy atom. The fourth-order valence-electron chi connectivity index (χ4n) is 1.46. The van der Waals surface area contributed by atoms with Gasteiger partial charge in [0, 0.05) is 5.39 Å². The highest BCUT2D eigenvalue weighted by Crippen LogP contribution is 2.31. The van der Waals surface area contributed by atoms with E-state index in [-0.39, 0.29) is 0 Å². The minimum absolute atomic E-state index is 0.635. The summed E-state index contributed by atoms with van der Waals surface area (Å²) in [5.74, 6) is 1.55. The summed E-state index contributed by atoms with van der Waals surface area (Å²) in [7, 11) is 0. The Morgan fingerprint density at radius 1 is 1.23 bits per heavy atom. The average molecular weight is 176 g/mol. The van der Waals surface area contributed by atoms with Crippen LogP contribution in [0.4, 0.5) is 0 Å². The lowest BCUT2D eigenvalue weighted by Crippen LogP contribution is -1.88. The smallest absolute Gasteiger partial charge is 0.292 e. The first-order valence-electron chi connectivity index (χ1n) is 4.44. The third-order valence-electron chi connectivity index (χ3n) is 2.05. The van der Waals surface area contributed by atoms with Crippen molar-refractivity contribution >= 4 is 10.8 Å². The van der Waals surface area contributed by atoms with Gasteiger partial charge in [0.2, 0.25) is 0 Å². The molecule has 0 spiro atoms. The van der Waals surface area contributed by atoms with Gasteiger partial charge in [-0.15, -0.1) is 0 Å². The minimum atomic E-state index is 0.635. The summed E-state index contributed by atoms with van der Waals surface area (Å²) < 4.78 is 10.9. The molecule has 0 saturated heterocycles. The standard InChI is InChI=1S/C11H12O2/c1-3-12-11-10-7-5-4-6-9(10)8(2)13-11/h4-7H,3H2,1-2H3. The van der Waals surface area contributed by atoms with Crippen LogP contribution in [-0.4, -0.2) is 6.61 Å². The molecule has 1 aromatic heterocycles. The van der Waals surface area contributed by atoms with Gasteiger partial charge in [0.15, 0.2) is 0 Å². The van der Waals surface area contributed by atoms with Gasteiger partial charge in [-0.25, -0.2) is 0 Å². The molecule has 13 heavy (non-hydrogen) atoms. The maximum absolute atomic E-state index is 5.48. The van der Waals surface area contributed by atoms with Crippen LogP contribution < -0.4 is 4.74 Å². The van der Waals surface area contributed by atoms with Gasteiger partial charge in [-0.1, -0.05) is 18.2 Å². The van der Waals surface area contributed by atoms with E-state index < -0.39 is 0 Å². The van der Waals surface area contributed by atoms with E-state index in [1.165, 1.54) is 0 Å². The molecule has 2 heteroatoms. The summed E-state index contributed by atoms with van der Waals surface area (Å²) >= 11 is 0. The van der Waals surface area contributed by atoms with Gasteiger partial charge in [0.1, 0.15) is 5.76 Å². The van der Waals surface area contributed by atoms with Gasteiger partial charge >= 0.3 is 0 Å². The third-order valence-corrected chi connectivity index (χ3v) is 2.05. The maximum Gasteiger partial charge on any atom is 0.292 e. The molecule has 0 fully saturated rings. The summed E-state index contributed by atoms with van der Waals surface area (Å²) in [4.78, 5) is 0. The number of benzene rings is 1. The molecule has 2 aromatic rings. The number of hydrogen-bond acceptors (Lipinski definition) is 2. The van der Waals surface area contributed by atoms with Crippen LogP contribution in [0.25, 0.3) is 10.8 Å². The fraction of sp³-hybridized carbons (Fsp3) is 0.273. The predicted octanol–water partition coefficient (Wildman–Crippen LogP) is 3.14. The average Bonchev–Trinajstić information content (AvgIpc) is 2.46. The second-order valence-electron chi connectivity index (χ2n) is 2.92. The van der Waals surface area contributed by atoms with Crippen molar-refractivity contribution in [1.82, 2.24) is 0 Å². The first kappa shape index (κ1) is 8.17. The van der Waals surface area contributed by atoms with E-state index in [1.807, 2.05) is 38.1 Å². The van der Waals surface area contributed by atoms with E-state index in [2.05, 4.69) is 0 Å². The summed E-state index contributed by atoms with van der Waals surface area (Å²) in [5.41, 5.74) is 0. The zero-order valence-corrected chi connectivity index (χ0v) is 7.83. The Hall–Kier alpha value is -1.44. The molecule has 0 atom stereocenters. The number of furan rings is 1. The first-order chi connectivity index (χ1) is 6.33. The number of ether oxygens (including phenoxy) is 1. The Labute approximate surface area is 77.1 Å². The van der Waals surface area contributed by atoms with Crippen molar-refractivity contribution in [3.63, 3.8) is 0 Å². The topological polar surface area (TPSA) is 22.4 Å². The van der Waals surface area contributed by atoms with E-state index in [9.17, 15) is 0 Å². The lowest BCUT2D eigenvalue weighted by molar-refractivity contribution is 0.257. The van der Waals surface area contributed by atoms with Crippen LogP contribution in [0.5, 0.6) is 5.95 Å². The molecule has 0 unspecified atom stereocenters. The molecular weight excluding hydrogens is 164 g/mol. The largest absolute Gasteiger partial charge is 0.465 e. The van der Waals surface area contributed by atoms with Crippen LogP contribution in [-0.2, 0) is 0 Å². The SMILES string of the molecule is CCOc1oc(C)c2ccccc12. The summed E-state index contributed by atoms with van der Waals surface area (Å²) in [6, 6.07) is 8.04. The molecule has 0 aliphatic rings. The third kappa shape index (κ3) is 1.28. The highest BCUT2D eigenvalue weighted by atomic mass is 16.6. The molecule has 2 nitrogen and oxygen atoms in total. The fourth-order valence-corrected chi connectivity index (χ4v) is 1.46. The molecule has 0 bridgehead atoms. The highest BCUT2D eigenvalue weighted by molar-refractivity contribution is 5.88. The van der Waals surface area contributed by atoms with Crippen molar-refractivity contribution in [1.29, 1.82) is 0 Å². The molecule has 68 valence electrons. The van der Waals surface area contributed by atoms with Gasteiger partial charge in [-0.05, 0) is 19.9 Å². The Balaban J connectivity index is 2.63. The predicted molar refractivity (Wildman–Crippen MR) is 52.1 cm³/mol. The molecule has 0 aliphatic heterocycles. The Morgan fingerprint density at radius 2 is 1.92 bits per heavy atom. The lowest BCUT2D eigenvalue weighted by atomic mass is 10.2. The number of aryl methyl sites for hydroxylation is 1. The summed E-state index contributed by atoms with van der Waals surface area (Å²) in [6.45, 7) is 4.54. The van der Waals surface area contributed by atoms with Crippen molar-refractivity contribution in [3.05, 3.63) is 30.0 Å². The van der Waals surface area contributed by atoms with Crippen molar-refractivity contribution in [3.8, 4) is 5.95 Å². The zero-order valence-electron chi connectivity index (χ0n) is 7.83. The van der Waals surface area contributed by atoms with Crippen LogP contribution in [0, 0.1) is 6.92 Å². The highest BCUT2D eigenvalue weighted by Gasteiger charge is 2.09. The molecule has 0 amide bonds. The molecule has 0 aliphatic carbocycles. The molecule has 0 N–H and O–H groups in total. The maximum atomic E-state index is 5.48. The number of hydrogen-bond donors (Lipinski definition) is 0. The summed E-state index contributed by atoms with van der Waals surface area (Å²) in [6.07, 6.45) is 0. The Kier molecular flexibility index (Phi) is 1.97. The number of rotatable bonds is 2.